The van der Waals surface area contributed by atoms with Gasteiger partial charge in [0.05, 0.1) is 11.5 Å². The van der Waals surface area contributed by atoms with Crippen LogP contribution in [0.2, 0.25) is 0 Å². The lowest BCUT2D eigenvalue weighted by Crippen LogP contribution is -2.12. The van der Waals surface area contributed by atoms with Crippen LogP contribution in [0.5, 0.6) is 0 Å². The molecule has 78 valence electrons. The highest BCUT2D eigenvalue weighted by Gasteiger charge is 2.05. The van der Waals surface area contributed by atoms with Crippen molar-refractivity contribution in [2.24, 2.45) is 5.73 Å². The lowest BCUT2D eigenvalue weighted by Gasteiger charge is -1.98. The minimum Gasteiger partial charge on any atom is -0.387 e. The van der Waals surface area contributed by atoms with E-state index in [1.807, 2.05) is 26.1 Å². The van der Waals surface area contributed by atoms with Crippen LogP contribution in [-0.4, -0.2) is 20.4 Å². The van der Waals surface area contributed by atoms with Gasteiger partial charge in [0.15, 0.2) is 5.65 Å². The number of nitrogens with two attached hydrogens (primary N) is 1. The molecule has 0 aliphatic heterocycles. The quantitative estimate of drug-likeness (QED) is 0.560. The molecule has 0 bridgehead atoms. The van der Waals surface area contributed by atoms with Crippen molar-refractivity contribution in [1.82, 2.24) is 14.6 Å². The maximum Gasteiger partial charge on any atom is 0.155 e. The summed E-state index contributed by atoms with van der Waals surface area (Å²) in [5.41, 5.74) is 8.99. The van der Waals surface area contributed by atoms with Gasteiger partial charge in [0.2, 0.25) is 0 Å². The fraction of sp³-hybridized carbons (Fsp3) is 0.300. The van der Waals surface area contributed by atoms with Crippen LogP contribution in [0, 0.1) is 19.3 Å². The molecule has 5 nitrogen and oxygen atoms in total. The summed E-state index contributed by atoms with van der Waals surface area (Å²) in [6.45, 7) is 3.96. The second-order valence-corrected chi connectivity index (χ2v) is 3.65. The van der Waals surface area contributed by atoms with Crippen LogP contribution >= 0.6 is 0 Å². The van der Waals surface area contributed by atoms with Gasteiger partial charge in [0.25, 0.3) is 0 Å². The van der Waals surface area contributed by atoms with E-state index in [2.05, 4.69) is 10.1 Å². The van der Waals surface area contributed by atoms with E-state index in [0.29, 0.717) is 6.42 Å². The van der Waals surface area contributed by atoms with E-state index in [4.69, 9.17) is 11.1 Å². The van der Waals surface area contributed by atoms with E-state index >= 15 is 0 Å². The van der Waals surface area contributed by atoms with Gasteiger partial charge in [0.1, 0.15) is 0 Å². The van der Waals surface area contributed by atoms with Crippen LogP contribution in [0.25, 0.3) is 5.65 Å². The van der Waals surface area contributed by atoms with Gasteiger partial charge in [-0.3, -0.25) is 5.41 Å². The third kappa shape index (κ3) is 1.81. The zero-order valence-corrected chi connectivity index (χ0v) is 8.78. The molecule has 15 heavy (non-hydrogen) atoms. The van der Waals surface area contributed by atoms with Gasteiger partial charge in [-0.1, -0.05) is 0 Å². The number of nitrogens with zero attached hydrogens (tertiary/aromatic N) is 3. The topological polar surface area (TPSA) is 80.1 Å². The number of nitrogens with one attached hydrogen (secondary N) is 1. The van der Waals surface area contributed by atoms with Gasteiger partial charge < -0.3 is 5.73 Å². The van der Waals surface area contributed by atoms with E-state index in [1.165, 1.54) is 0 Å². The van der Waals surface area contributed by atoms with E-state index in [9.17, 15) is 0 Å². The molecule has 0 aliphatic carbocycles. The second kappa shape index (κ2) is 3.34. The average molecular weight is 203 g/mol. The van der Waals surface area contributed by atoms with Gasteiger partial charge in [-0.25, -0.2) is 9.50 Å². The summed E-state index contributed by atoms with van der Waals surface area (Å²) >= 11 is 0. The summed E-state index contributed by atoms with van der Waals surface area (Å²) in [7, 11) is 0. The van der Waals surface area contributed by atoms with E-state index in [1.54, 1.807) is 4.52 Å². The van der Waals surface area contributed by atoms with Gasteiger partial charge in [-0.05, 0) is 19.4 Å². The maximum absolute atomic E-state index is 7.20. The molecule has 0 radical (unpaired) electrons. The Balaban J connectivity index is 2.51. The minimum atomic E-state index is 0.117. The lowest BCUT2D eigenvalue weighted by molar-refractivity contribution is 0.888. The van der Waals surface area contributed by atoms with Gasteiger partial charge >= 0.3 is 0 Å². The number of aromatic nitrogens is 3. The number of aryl methyl sites for hydroxylation is 2. The average Bonchev–Trinajstić information content (AvgIpc) is 2.46. The Bertz CT molecular complexity index is 487. The highest BCUT2D eigenvalue weighted by molar-refractivity contribution is 5.79. The molecule has 0 amide bonds. The van der Waals surface area contributed by atoms with Crippen molar-refractivity contribution in [2.45, 2.75) is 20.3 Å². The van der Waals surface area contributed by atoms with Crippen LogP contribution in [0.3, 0.4) is 0 Å². The fourth-order valence-electron chi connectivity index (χ4n) is 1.43. The highest BCUT2D eigenvalue weighted by atomic mass is 15.2. The molecule has 0 saturated carbocycles. The number of fused-ring (bicyclic) bond motifs is 1. The largest absolute Gasteiger partial charge is 0.387 e. The van der Waals surface area contributed by atoms with E-state index in [0.717, 1.165) is 22.6 Å². The van der Waals surface area contributed by atoms with Crippen molar-refractivity contribution in [3.05, 3.63) is 29.2 Å². The Morgan fingerprint density at radius 2 is 2.27 bits per heavy atom. The predicted molar refractivity (Wildman–Crippen MR) is 58.1 cm³/mol. The normalized spacial score (nSPS) is 10.8. The first-order valence-corrected chi connectivity index (χ1v) is 4.71. The fourth-order valence-corrected chi connectivity index (χ4v) is 1.43. The Hall–Kier alpha value is -1.91. The molecule has 5 heteroatoms. The Morgan fingerprint density at radius 3 is 2.93 bits per heavy atom. The van der Waals surface area contributed by atoms with E-state index in [-0.39, 0.29) is 5.84 Å². The molecule has 2 aromatic heterocycles. The van der Waals surface area contributed by atoms with Crippen molar-refractivity contribution in [2.75, 3.05) is 0 Å². The third-order valence-electron chi connectivity index (χ3n) is 2.31. The standard InChI is InChI=1S/C10H13N5/c1-6-5-15-10(13-7(6)2)4-8(14-15)3-9(11)12/h4-5H,3H2,1-2H3,(H3,11,12). The summed E-state index contributed by atoms with van der Waals surface area (Å²) < 4.78 is 1.72. The van der Waals surface area contributed by atoms with Crippen molar-refractivity contribution < 1.29 is 0 Å². The first-order valence-electron chi connectivity index (χ1n) is 4.71. The molecule has 0 aliphatic rings. The molecule has 0 unspecified atom stereocenters. The summed E-state index contributed by atoms with van der Waals surface area (Å²) in [6.07, 6.45) is 2.31. The lowest BCUT2D eigenvalue weighted by atomic mass is 10.3. The minimum absolute atomic E-state index is 0.117. The van der Waals surface area contributed by atoms with Crippen LogP contribution in [-0.2, 0) is 6.42 Å². The van der Waals surface area contributed by atoms with Crippen LogP contribution in [0.15, 0.2) is 12.3 Å². The number of hydrogen-bond donors (Lipinski definition) is 2. The summed E-state index contributed by atoms with van der Waals surface area (Å²) in [5.74, 6) is 0.117. The first kappa shape index (κ1) is 9.64. The Morgan fingerprint density at radius 1 is 1.53 bits per heavy atom. The summed E-state index contributed by atoms with van der Waals surface area (Å²) in [4.78, 5) is 4.39. The second-order valence-electron chi connectivity index (χ2n) is 3.65. The summed E-state index contributed by atoms with van der Waals surface area (Å²) in [5, 5.41) is 11.5. The predicted octanol–water partition coefficient (Wildman–Crippen LogP) is 0.825. The van der Waals surface area contributed by atoms with Crippen molar-refractivity contribution in [3.8, 4) is 0 Å². The molecule has 2 rings (SSSR count). The van der Waals surface area contributed by atoms with Crippen LogP contribution in [0.4, 0.5) is 0 Å². The molecule has 2 heterocycles. The molecular formula is C10H13N5. The Kier molecular flexibility index (Phi) is 2.15. The number of rotatable bonds is 2. The monoisotopic (exact) mass is 203 g/mol. The van der Waals surface area contributed by atoms with Crippen molar-refractivity contribution in [1.29, 1.82) is 5.41 Å². The maximum atomic E-state index is 7.20. The first-order chi connectivity index (χ1) is 7.06. The molecule has 0 atom stereocenters. The number of hydrogen-bond acceptors (Lipinski definition) is 3. The van der Waals surface area contributed by atoms with E-state index < -0.39 is 0 Å². The molecular weight excluding hydrogens is 190 g/mol. The van der Waals surface area contributed by atoms with Gasteiger partial charge in [-0.2, -0.15) is 5.10 Å². The third-order valence-corrected chi connectivity index (χ3v) is 2.31. The zero-order valence-electron chi connectivity index (χ0n) is 8.78. The van der Waals surface area contributed by atoms with Crippen LogP contribution in [0.1, 0.15) is 17.0 Å². The Labute approximate surface area is 87.4 Å². The summed E-state index contributed by atoms with van der Waals surface area (Å²) in [6, 6.07) is 1.86. The zero-order chi connectivity index (χ0) is 11.0. The van der Waals surface area contributed by atoms with Crippen molar-refractivity contribution in [3.63, 3.8) is 0 Å². The van der Waals surface area contributed by atoms with Gasteiger partial charge in [0, 0.05) is 24.4 Å². The molecule has 2 aromatic rings. The SMILES string of the molecule is Cc1cn2nc(CC(=N)N)cc2nc1C. The molecule has 0 fully saturated rings. The highest BCUT2D eigenvalue weighted by Crippen LogP contribution is 2.08. The molecule has 3 N–H and O–H groups in total. The molecule has 0 saturated heterocycles. The molecule has 0 aromatic carbocycles. The number of amidine groups is 1. The van der Waals surface area contributed by atoms with Crippen LogP contribution < -0.4 is 5.73 Å². The van der Waals surface area contributed by atoms with Crippen molar-refractivity contribution >= 4 is 11.5 Å². The molecule has 0 spiro atoms. The van der Waals surface area contributed by atoms with Gasteiger partial charge in [-0.15, -0.1) is 0 Å². The smallest absolute Gasteiger partial charge is 0.155 e.